The van der Waals surface area contributed by atoms with Crippen molar-refractivity contribution in [1.29, 1.82) is 0 Å². The average molecular weight is 265 g/mol. The van der Waals surface area contributed by atoms with Crippen LogP contribution in [-0.4, -0.2) is 43.4 Å². The molecule has 0 atom stereocenters. The van der Waals surface area contributed by atoms with Crippen molar-refractivity contribution in [1.82, 2.24) is 30.0 Å². The van der Waals surface area contributed by atoms with E-state index in [1.165, 1.54) is 16.4 Å². The van der Waals surface area contributed by atoms with Crippen molar-refractivity contribution in [3.63, 3.8) is 0 Å². The van der Waals surface area contributed by atoms with E-state index in [4.69, 9.17) is 5.73 Å². The molecule has 0 spiro atoms. The maximum atomic E-state index is 11.1. The minimum absolute atomic E-state index is 0.0925. The fraction of sp³-hybridized carbons (Fsp3) is 0.222. The molecule has 9 heteroatoms. The molecule has 0 saturated heterocycles. The summed E-state index contributed by atoms with van der Waals surface area (Å²) >= 11 is 1.18. The first kappa shape index (κ1) is 12.3. The molecular formula is C9H11N7OS. The average Bonchev–Trinajstić information content (AvgIpc) is 2.89. The van der Waals surface area contributed by atoms with Gasteiger partial charge in [-0.15, -0.1) is 0 Å². The molecule has 2 heterocycles. The van der Waals surface area contributed by atoms with Gasteiger partial charge in [0.25, 0.3) is 5.95 Å². The molecule has 0 aliphatic heterocycles. The summed E-state index contributed by atoms with van der Waals surface area (Å²) in [4.78, 5) is 23.2. The Morgan fingerprint density at radius 3 is 3.00 bits per heavy atom. The Hall–Kier alpha value is -2.16. The molecule has 0 fully saturated rings. The Kier molecular flexibility index (Phi) is 3.72. The molecule has 2 aromatic rings. The zero-order valence-corrected chi connectivity index (χ0v) is 10.4. The number of anilines is 1. The molecule has 0 aliphatic rings. The first-order valence-corrected chi connectivity index (χ1v) is 6.02. The van der Waals surface area contributed by atoms with E-state index in [2.05, 4.69) is 25.4 Å². The van der Waals surface area contributed by atoms with E-state index in [9.17, 15) is 4.79 Å². The van der Waals surface area contributed by atoms with E-state index in [0.29, 0.717) is 11.1 Å². The lowest BCUT2D eigenvalue weighted by Gasteiger charge is -2.03. The smallest absolute Gasteiger partial charge is 0.256 e. The highest BCUT2D eigenvalue weighted by Gasteiger charge is 2.08. The molecule has 0 unspecified atom stereocenters. The number of nitrogens with two attached hydrogens (primary N) is 1. The predicted molar refractivity (Wildman–Crippen MR) is 66.2 cm³/mol. The molecular weight excluding hydrogens is 254 g/mol. The van der Waals surface area contributed by atoms with E-state index < -0.39 is 0 Å². The topological polar surface area (TPSA) is 112 Å². The highest BCUT2D eigenvalue weighted by atomic mass is 32.2. The number of nitrogen functional groups attached to an aromatic ring is 1. The van der Waals surface area contributed by atoms with Crippen LogP contribution in [0, 0.1) is 0 Å². The summed E-state index contributed by atoms with van der Waals surface area (Å²) in [6, 6.07) is 1.75. The monoisotopic (exact) mass is 265 g/mol. The maximum absolute atomic E-state index is 11.1. The summed E-state index contributed by atoms with van der Waals surface area (Å²) in [5.74, 6) is 0.528. The lowest BCUT2D eigenvalue weighted by molar-refractivity contribution is -0.118. The molecule has 2 rings (SSSR count). The number of nitrogens with one attached hydrogen (secondary N) is 1. The number of thioether (sulfide) groups is 1. The van der Waals surface area contributed by atoms with Gasteiger partial charge in [-0.2, -0.15) is 20.1 Å². The van der Waals surface area contributed by atoms with Gasteiger partial charge in [0.1, 0.15) is 0 Å². The van der Waals surface area contributed by atoms with Gasteiger partial charge in [-0.25, -0.2) is 4.68 Å². The number of carbonyl (C=O) groups excluding carboxylic acids is 1. The lowest BCUT2D eigenvalue weighted by atomic mass is 10.7. The third kappa shape index (κ3) is 2.94. The zero-order valence-electron chi connectivity index (χ0n) is 9.57. The van der Waals surface area contributed by atoms with Crippen LogP contribution in [0.25, 0.3) is 5.95 Å². The van der Waals surface area contributed by atoms with Crippen molar-refractivity contribution in [2.24, 2.45) is 0 Å². The van der Waals surface area contributed by atoms with Crippen molar-refractivity contribution in [3.05, 3.63) is 18.5 Å². The first-order valence-electron chi connectivity index (χ1n) is 5.04. The van der Waals surface area contributed by atoms with Crippen molar-refractivity contribution in [3.8, 4) is 5.95 Å². The number of amides is 1. The number of aromatic nitrogens is 5. The maximum Gasteiger partial charge on any atom is 0.256 e. The second-order valence-electron chi connectivity index (χ2n) is 3.19. The standard InChI is InChI=1S/C9H11N7OS/c1-11-6(17)5-18-9-14-7(10)13-8(15-9)16-4-2-3-12-16/h2-4H,5H2,1H3,(H,11,17)(H2,10,13,14,15). The van der Waals surface area contributed by atoms with Crippen molar-refractivity contribution < 1.29 is 4.79 Å². The lowest BCUT2D eigenvalue weighted by Crippen LogP contribution is -2.20. The molecule has 0 aromatic carbocycles. The first-order chi connectivity index (χ1) is 8.69. The van der Waals surface area contributed by atoms with Gasteiger partial charge in [0, 0.05) is 19.4 Å². The Morgan fingerprint density at radius 2 is 2.33 bits per heavy atom. The molecule has 0 aliphatic carbocycles. The summed E-state index contributed by atoms with van der Waals surface area (Å²) in [7, 11) is 1.57. The van der Waals surface area contributed by atoms with Gasteiger partial charge in [0.15, 0.2) is 5.16 Å². The summed E-state index contributed by atoms with van der Waals surface area (Å²) in [5, 5.41) is 6.90. The highest BCUT2D eigenvalue weighted by molar-refractivity contribution is 7.99. The fourth-order valence-electron chi connectivity index (χ4n) is 1.12. The van der Waals surface area contributed by atoms with Gasteiger partial charge < -0.3 is 11.1 Å². The van der Waals surface area contributed by atoms with E-state index in [0.717, 1.165) is 0 Å². The Balaban J connectivity index is 2.19. The molecule has 0 bridgehead atoms. The van der Waals surface area contributed by atoms with Crippen LogP contribution in [-0.2, 0) is 4.79 Å². The molecule has 1 amide bonds. The second kappa shape index (κ2) is 5.45. The van der Waals surface area contributed by atoms with Gasteiger partial charge in [-0.05, 0) is 6.07 Å². The third-order valence-electron chi connectivity index (χ3n) is 1.94. The van der Waals surface area contributed by atoms with Gasteiger partial charge in [0.05, 0.1) is 5.75 Å². The largest absolute Gasteiger partial charge is 0.368 e. The van der Waals surface area contributed by atoms with Crippen LogP contribution in [0.3, 0.4) is 0 Å². The van der Waals surface area contributed by atoms with E-state index in [1.807, 2.05) is 0 Å². The molecule has 0 saturated carbocycles. The number of carbonyl (C=O) groups is 1. The van der Waals surface area contributed by atoms with Gasteiger partial charge in [0.2, 0.25) is 11.9 Å². The van der Waals surface area contributed by atoms with Gasteiger partial charge >= 0.3 is 0 Å². The molecule has 18 heavy (non-hydrogen) atoms. The summed E-state index contributed by atoms with van der Waals surface area (Å²) in [6.07, 6.45) is 3.30. The molecule has 94 valence electrons. The van der Waals surface area contributed by atoms with E-state index >= 15 is 0 Å². The molecule has 2 aromatic heterocycles. The highest BCUT2D eigenvalue weighted by Crippen LogP contribution is 2.14. The molecule has 8 nitrogen and oxygen atoms in total. The second-order valence-corrected chi connectivity index (χ2v) is 4.13. The third-order valence-corrected chi connectivity index (χ3v) is 2.79. The summed E-state index contributed by atoms with van der Waals surface area (Å²) < 4.78 is 1.47. The molecule has 0 radical (unpaired) electrons. The Labute approximate surface area is 107 Å². The predicted octanol–water partition coefficient (Wildman–Crippen LogP) is -0.522. The van der Waals surface area contributed by atoms with Crippen molar-refractivity contribution in [2.45, 2.75) is 5.16 Å². The summed E-state index contributed by atoms with van der Waals surface area (Å²) in [6.45, 7) is 0. The van der Waals surface area contributed by atoms with Crippen LogP contribution in [0.1, 0.15) is 0 Å². The van der Waals surface area contributed by atoms with Crippen LogP contribution in [0.2, 0.25) is 0 Å². The van der Waals surface area contributed by atoms with Crippen LogP contribution in [0.15, 0.2) is 23.6 Å². The van der Waals surface area contributed by atoms with Crippen LogP contribution in [0.5, 0.6) is 0 Å². The normalized spacial score (nSPS) is 10.3. The minimum Gasteiger partial charge on any atom is -0.368 e. The Morgan fingerprint density at radius 1 is 1.50 bits per heavy atom. The van der Waals surface area contributed by atoms with Gasteiger partial charge in [-0.1, -0.05) is 11.8 Å². The number of hydrogen-bond acceptors (Lipinski definition) is 7. The van der Waals surface area contributed by atoms with Crippen molar-refractivity contribution >= 4 is 23.6 Å². The number of hydrogen-bond donors (Lipinski definition) is 2. The fourth-order valence-corrected chi connectivity index (χ4v) is 1.83. The van der Waals surface area contributed by atoms with Crippen LogP contribution in [0.4, 0.5) is 5.95 Å². The van der Waals surface area contributed by atoms with Crippen LogP contribution >= 0.6 is 11.8 Å². The SMILES string of the molecule is CNC(=O)CSc1nc(N)nc(-n2cccn2)n1. The van der Waals surface area contributed by atoms with E-state index in [-0.39, 0.29) is 17.6 Å². The number of rotatable bonds is 4. The Bertz CT molecular complexity index is 542. The number of nitrogens with zero attached hydrogens (tertiary/aromatic N) is 5. The minimum atomic E-state index is -0.111. The molecule has 3 N–H and O–H groups in total. The zero-order chi connectivity index (χ0) is 13.0. The van der Waals surface area contributed by atoms with Crippen molar-refractivity contribution in [2.75, 3.05) is 18.5 Å². The van der Waals surface area contributed by atoms with Gasteiger partial charge in [-0.3, -0.25) is 4.79 Å². The van der Waals surface area contributed by atoms with E-state index in [1.54, 1.807) is 25.5 Å². The van der Waals surface area contributed by atoms with Crippen LogP contribution < -0.4 is 11.1 Å². The quantitative estimate of drug-likeness (QED) is 0.715. The summed E-state index contributed by atoms with van der Waals surface area (Å²) in [5.41, 5.74) is 5.59.